The van der Waals surface area contributed by atoms with Crippen LogP contribution in [0.2, 0.25) is 0 Å². The first-order valence-electron chi connectivity index (χ1n) is 10.5. The van der Waals surface area contributed by atoms with Crippen LogP contribution in [0.4, 0.5) is 0 Å². The van der Waals surface area contributed by atoms with E-state index >= 15 is 0 Å². The van der Waals surface area contributed by atoms with Crippen molar-refractivity contribution in [2.45, 2.75) is 78.0 Å². The van der Waals surface area contributed by atoms with Gasteiger partial charge < -0.3 is 24.7 Å². The lowest BCUT2D eigenvalue weighted by atomic mass is 9.95. The van der Waals surface area contributed by atoms with Crippen molar-refractivity contribution >= 4 is 29.9 Å². The van der Waals surface area contributed by atoms with Gasteiger partial charge in [-0.25, -0.2) is 4.99 Å². The summed E-state index contributed by atoms with van der Waals surface area (Å²) in [6, 6.07) is 2.30. The molecule has 1 aliphatic carbocycles. The first-order chi connectivity index (χ1) is 13.8. The lowest BCUT2D eigenvalue weighted by molar-refractivity contribution is 0.0601. The van der Waals surface area contributed by atoms with Gasteiger partial charge in [-0.05, 0) is 46.6 Å². The van der Waals surface area contributed by atoms with Crippen LogP contribution < -0.4 is 10.6 Å². The molecule has 0 aliphatic heterocycles. The third-order valence-corrected chi connectivity index (χ3v) is 5.73. The quantitative estimate of drug-likeness (QED) is 0.301. The molecule has 2 aromatic heterocycles. The van der Waals surface area contributed by atoms with Crippen molar-refractivity contribution in [2.75, 3.05) is 6.54 Å². The smallest absolute Gasteiger partial charge is 0.192 e. The summed E-state index contributed by atoms with van der Waals surface area (Å²) in [5.74, 6) is 3.89. The SMILES string of the molecule is Cc1cc(C(C)(O)CNC(=NCc2nnc(C)n2C)NC2CCCCC2)c(C)o1.I. The predicted molar refractivity (Wildman–Crippen MR) is 128 cm³/mol. The standard InChI is InChI=1S/C21H34N6O2.HI/c1-14-11-18(15(2)29-14)21(4,28)13-23-20(24-17-9-7-6-8-10-17)22-12-19-26-25-16(3)27(19)5;/h11,17,28H,6-10,12-13H2,1-5H3,(H2,22,23,24);1H. The molecule has 1 aliphatic rings. The Labute approximate surface area is 196 Å². The molecule has 1 fully saturated rings. The number of aliphatic imine (C=N–C) groups is 1. The lowest BCUT2D eigenvalue weighted by Crippen LogP contribution is -2.48. The topological polar surface area (TPSA) is 101 Å². The molecule has 0 spiro atoms. The number of aliphatic hydroxyl groups is 1. The molecule has 2 aromatic rings. The van der Waals surface area contributed by atoms with Gasteiger partial charge in [0, 0.05) is 18.7 Å². The van der Waals surface area contributed by atoms with E-state index in [1.54, 1.807) is 6.92 Å². The van der Waals surface area contributed by atoms with Crippen LogP contribution in [0.25, 0.3) is 0 Å². The van der Waals surface area contributed by atoms with Gasteiger partial charge in [-0.15, -0.1) is 34.2 Å². The fourth-order valence-electron chi connectivity index (χ4n) is 3.85. The monoisotopic (exact) mass is 530 g/mol. The Kier molecular flexibility index (Phi) is 8.72. The number of nitrogens with zero attached hydrogens (tertiary/aromatic N) is 4. The molecular formula is C21H35IN6O2. The maximum Gasteiger partial charge on any atom is 0.192 e. The second-order valence-corrected chi connectivity index (χ2v) is 8.32. The largest absolute Gasteiger partial charge is 0.466 e. The maximum atomic E-state index is 11.0. The zero-order valence-corrected chi connectivity index (χ0v) is 21.0. The van der Waals surface area contributed by atoms with E-state index in [4.69, 9.17) is 9.41 Å². The van der Waals surface area contributed by atoms with Crippen LogP contribution >= 0.6 is 24.0 Å². The molecule has 0 aromatic carbocycles. The van der Waals surface area contributed by atoms with Crippen molar-refractivity contribution in [1.29, 1.82) is 0 Å². The van der Waals surface area contributed by atoms with E-state index < -0.39 is 5.60 Å². The van der Waals surface area contributed by atoms with Crippen molar-refractivity contribution in [2.24, 2.45) is 12.0 Å². The number of furan rings is 1. The Balaban J connectivity index is 0.00000320. The Hall–Kier alpha value is -1.62. The summed E-state index contributed by atoms with van der Waals surface area (Å²) in [5, 5.41) is 26.2. The van der Waals surface area contributed by atoms with E-state index in [1.807, 2.05) is 38.5 Å². The van der Waals surface area contributed by atoms with Gasteiger partial charge in [-0.1, -0.05) is 19.3 Å². The van der Waals surface area contributed by atoms with Gasteiger partial charge in [0.05, 0.1) is 6.54 Å². The van der Waals surface area contributed by atoms with E-state index in [9.17, 15) is 5.11 Å². The van der Waals surface area contributed by atoms with Crippen LogP contribution in [0.3, 0.4) is 0 Å². The highest BCUT2D eigenvalue weighted by molar-refractivity contribution is 14.0. The first-order valence-corrected chi connectivity index (χ1v) is 10.5. The van der Waals surface area contributed by atoms with E-state index in [-0.39, 0.29) is 24.0 Å². The van der Waals surface area contributed by atoms with Crippen LogP contribution in [0.5, 0.6) is 0 Å². The summed E-state index contributed by atoms with van der Waals surface area (Å²) in [6.45, 7) is 8.23. The van der Waals surface area contributed by atoms with Crippen molar-refractivity contribution in [1.82, 2.24) is 25.4 Å². The number of aryl methyl sites for hydroxylation is 3. The molecule has 8 nitrogen and oxygen atoms in total. The molecule has 30 heavy (non-hydrogen) atoms. The number of guanidine groups is 1. The minimum absolute atomic E-state index is 0. The van der Waals surface area contributed by atoms with Crippen molar-refractivity contribution in [3.05, 3.63) is 34.8 Å². The summed E-state index contributed by atoms with van der Waals surface area (Å²) < 4.78 is 7.54. The molecule has 0 amide bonds. The van der Waals surface area contributed by atoms with Crippen LogP contribution in [0.1, 0.15) is 67.8 Å². The second kappa shape index (κ2) is 10.6. The molecule has 0 bridgehead atoms. The highest BCUT2D eigenvalue weighted by Gasteiger charge is 2.28. The predicted octanol–water partition coefficient (Wildman–Crippen LogP) is 3.23. The zero-order valence-electron chi connectivity index (χ0n) is 18.7. The van der Waals surface area contributed by atoms with Crippen LogP contribution in [0, 0.1) is 20.8 Å². The number of nitrogens with one attached hydrogen (secondary N) is 2. The number of aromatic nitrogens is 3. The lowest BCUT2D eigenvalue weighted by Gasteiger charge is -2.28. The van der Waals surface area contributed by atoms with E-state index in [0.29, 0.717) is 25.1 Å². The second-order valence-electron chi connectivity index (χ2n) is 8.32. The fraction of sp³-hybridized carbons (Fsp3) is 0.667. The van der Waals surface area contributed by atoms with Crippen molar-refractivity contribution < 1.29 is 9.52 Å². The molecule has 3 N–H and O–H groups in total. The number of rotatable bonds is 6. The van der Waals surface area contributed by atoms with Crippen LogP contribution in [-0.2, 0) is 19.2 Å². The van der Waals surface area contributed by atoms with Gasteiger partial charge >= 0.3 is 0 Å². The van der Waals surface area contributed by atoms with Crippen molar-refractivity contribution in [3.63, 3.8) is 0 Å². The molecule has 3 rings (SSSR count). The Morgan fingerprint density at radius 3 is 2.53 bits per heavy atom. The average Bonchev–Trinajstić information content (AvgIpc) is 3.20. The molecule has 1 unspecified atom stereocenters. The molecular weight excluding hydrogens is 495 g/mol. The third kappa shape index (κ3) is 6.19. The van der Waals surface area contributed by atoms with Gasteiger partial charge in [-0.3, -0.25) is 0 Å². The summed E-state index contributed by atoms with van der Waals surface area (Å²) in [7, 11) is 1.94. The first kappa shape index (κ1) is 24.6. The minimum Gasteiger partial charge on any atom is -0.466 e. The summed E-state index contributed by atoms with van der Waals surface area (Å²) in [5.41, 5.74) is -0.276. The minimum atomic E-state index is -1.07. The maximum absolute atomic E-state index is 11.0. The fourth-order valence-corrected chi connectivity index (χ4v) is 3.85. The van der Waals surface area contributed by atoms with Crippen LogP contribution in [0.15, 0.2) is 15.5 Å². The summed E-state index contributed by atoms with van der Waals surface area (Å²) >= 11 is 0. The molecule has 1 atom stereocenters. The summed E-state index contributed by atoms with van der Waals surface area (Å²) in [6.07, 6.45) is 6.04. The van der Waals surface area contributed by atoms with Gasteiger partial charge in [0.2, 0.25) is 0 Å². The zero-order chi connectivity index (χ0) is 21.0. The Morgan fingerprint density at radius 2 is 1.97 bits per heavy atom. The summed E-state index contributed by atoms with van der Waals surface area (Å²) in [4.78, 5) is 4.72. The average molecular weight is 530 g/mol. The molecule has 168 valence electrons. The number of halogens is 1. The number of hydrogen-bond donors (Lipinski definition) is 3. The van der Waals surface area contributed by atoms with E-state index in [1.165, 1.54) is 19.3 Å². The highest BCUT2D eigenvalue weighted by Crippen LogP contribution is 2.26. The van der Waals surface area contributed by atoms with E-state index in [0.717, 1.165) is 41.6 Å². The Bertz CT molecular complexity index is 852. The Morgan fingerprint density at radius 1 is 1.27 bits per heavy atom. The van der Waals surface area contributed by atoms with Gasteiger partial charge in [0.25, 0.3) is 0 Å². The molecule has 0 radical (unpaired) electrons. The molecule has 1 saturated carbocycles. The number of hydrogen-bond acceptors (Lipinski definition) is 5. The van der Waals surface area contributed by atoms with Gasteiger partial charge in [0.1, 0.15) is 29.5 Å². The molecule has 9 heteroatoms. The highest BCUT2D eigenvalue weighted by atomic mass is 127. The van der Waals surface area contributed by atoms with Gasteiger partial charge in [-0.2, -0.15) is 0 Å². The normalized spacial score (nSPS) is 17.3. The molecule has 2 heterocycles. The van der Waals surface area contributed by atoms with Gasteiger partial charge in [0.15, 0.2) is 11.8 Å². The molecule has 0 saturated heterocycles. The van der Waals surface area contributed by atoms with E-state index in [2.05, 4.69) is 20.8 Å². The third-order valence-electron chi connectivity index (χ3n) is 5.73. The van der Waals surface area contributed by atoms with Crippen LogP contribution in [-0.4, -0.2) is 38.4 Å². The van der Waals surface area contributed by atoms with Crippen molar-refractivity contribution in [3.8, 4) is 0 Å².